The predicted molar refractivity (Wildman–Crippen MR) is 106 cm³/mol. The summed E-state index contributed by atoms with van der Waals surface area (Å²) in [7, 11) is 0. The summed E-state index contributed by atoms with van der Waals surface area (Å²) in [6.45, 7) is 4.85. The third kappa shape index (κ3) is 5.07. The van der Waals surface area contributed by atoms with Gasteiger partial charge in [0.25, 0.3) is 5.79 Å². The second-order valence-electron chi connectivity index (χ2n) is 8.04. The zero-order valence-electron chi connectivity index (χ0n) is 17.7. The van der Waals surface area contributed by atoms with Gasteiger partial charge in [-0.1, -0.05) is 43.7 Å². The molecule has 1 spiro atoms. The highest BCUT2D eigenvalue weighted by atomic mass is 16.8. The molecule has 166 valence electrons. The van der Waals surface area contributed by atoms with Crippen molar-refractivity contribution in [3.8, 4) is 0 Å². The number of hydrogen-bond acceptors (Lipinski definition) is 8. The van der Waals surface area contributed by atoms with E-state index in [1.54, 1.807) is 18.2 Å². The second kappa shape index (κ2) is 8.83. The molecule has 1 saturated heterocycles. The summed E-state index contributed by atoms with van der Waals surface area (Å²) >= 11 is 0. The number of carbonyl (C=O) groups is 3. The van der Waals surface area contributed by atoms with Gasteiger partial charge in [0, 0.05) is 19.8 Å². The predicted octanol–water partition coefficient (Wildman–Crippen LogP) is 2.47. The molecular weight excluding hydrogens is 404 g/mol. The molecule has 8 nitrogen and oxygen atoms in total. The maximum absolute atomic E-state index is 12.3. The second-order valence-corrected chi connectivity index (χ2v) is 8.04. The molecular formula is C23H25O8-. The van der Waals surface area contributed by atoms with E-state index in [0.29, 0.717) is 6.42 Å². The van der Waals surface area contributed by atoms with Crippen LogP contribution in [0.3, 0.4) is 0 Å². The van der Waals surface area contributed by atoms with E-state index in [0.717, 1.165) is 19.3 Å². The van der Waals surface area contributed by atoms with E-state index >= 15 is 0 Å². The number of carbonyl (C=O) groups excluding carboxylic acids is 3. The number of esters is 3. The SMILES string of the molecule is CC1CCCCC12OC(=O)C(/C=C/C=C/C=C/C=C1C(=O)OC(C)(C)OC1=O)=C([O-])O2. The smallest absolute Gasteiger partial charge is 0.348 e. The normalized spacial score (nSPS) is 28.8. The lowest BCUT2D eigenvalue weighted by Gasteiger charge is -2.50. The highest BCUT2D eigenvalue weighted by molar-refractivity contribution is 6.15. The molecule has 0 aromatic rings. The number of allylic oxidation sites excluding steroid dienone is 6. The van der Waals surface area contributed by atoms with Crippen LogP contribution in [0.2, 0.25) is 0 Å². The van der Waals surface area contributed by atoms with Crippen LogP contribution in [0.5, 0.6) is 0 Å². The van der Waals surface area contributed by atoms with Crippen molar-refractivity contribution in [1.82, 2.24) is 0 Å². The highest BCUT2D eigenvalue weighted by Crippen LogP contribution is 2.41. The lowest BCUT2D eigenvalue weighted by atomic mass is 9.84. The van der Waals surface area contributed by atoms with Crippen LogP contribution in [0.15, 0.2) is 59.6 Å². The lowest BCUT2D eigenvalue weighted by Crippen LogP contribution is -2.50. The first-order valence-corrected chi connectivity index (χ1v) is 10.2. The highest BCUT2D eigenvalue weighted by Gasteiger charge is 2.43. The van der Waals surface area contributed by atoms with Gasteiger partial charge in [0.2, 0.25) is 0 Å². The first-order chi connectivity index (χ1) is 14.6. The summed E-state index contributed by atoms with van der Waals surface area (Å²) in [5.41, 5.74) is -0.386. The summed E-state index contributed by atoms with van der Waals surface area (Å²) in [6.07, 6.45) is 13.5. The summed E-state index contributed by atoms with van der Waals surface area (Å²) in [4.78, 5) is 35.9. The Bertz CT molecular complexity index is 896. The fraction of sp³-hybridized carbons (Fsp3) is 0.435. The Hall–Kier alpha value is -3.29. The van der Waals surface area contributed by atoms with Gasteiger partial charge in [-0.15, -0.1) is 0 Å². The van der Waals surface area contributed by atoms with Crippen LogP contribution < -0.4 is 5.11 Å². The quantitative estimate of drug-likeness (QED) is 0.290. The summed E-state index contributed by atoms with van der Waals surface area (Å²) in [6, 6.07) is 0. The van der Waals surface area contributed by atoms with Gasteiger partial charge in [-0.05, 0) is 31.4 Å². The fourth-order valence-electron chi connectivity index (χ4n) is 3.55. The summed E-state index contributed by atoms with van der Waals surface area (Å²) in [5, 5.41) is 12.3. The van der Waals surface area contributed by atoms with Crippen LogP contribution in [-0.2, 0) is 33.3 Å². The zero-order valence-corrected chi connectivity index (χ0v) is 17.7. The number of hydrogen-bond donors (Lipinski definition) is 0. The molecule has 2 aliphatic heterocycles. The number of rotatable bonds is 4. The molecule has 0 aromatic carbocycles. The van der Waals surface area contributed by atoms with Gasteiger partial charge in [0.1, 0.15) is 5.57 Å². The van der Waals surface area contributed by atoms with Crippen LogP contribution >= 0.6 is 0 Å². The Morgan fingerprint density at radius 3 is 2.16 bits per heavy atom. The average molecular weight is 429 g/mol. The van der Waals surface area contributed by atoms with Gasteiger partial charge in [-0.3, -0.25) is 0 Å². The molecule has 0 aromatic heterocycles. The molecule has 2 atom stereocenters. The monoisotopic (exact) mass is 429 g/mol. The standard InChI is InChI=1S/C23H26O8/c1-15-11-9-10-14-23(15)30-20(26)17(21(27)31-23)13-8-6-4-5-7-12-16-18(24)28-22(2,3)29-19(16)25/h4-8,12-13,15,26H,9-11,14H2,1-3H3/p-1/b6-4+,7-5+,13-8+. The lowest BCUT2D eigenvalue weighted by molar-refractivity contribution is -0.407. The van der Waals surface area contributed by atoms with E-state index in [1.807, 2.05) is 6.92 Å². The van der Waals surface area contributed by atoms with Gasteiger partial charge in [0.05, 0.1) is 11.5 Å². The Balaban J connectivity index is 1.60. The molecule has 0 N–H and O–H groups in total. The fourth-order valence-corrected chi connectivity index (χ4v) is 3.55. The van der Waals surface area contributed by atoms with Crippen molar-refractivity contribution in [3.05, 3.63) is 59.6 Å². The third-order valence-corrected chi connectivity index (χ3v) is 5.22. The van der Waals surface area contributed by atoms with Crippen molar-refractivity contribution >= 4 is 17.9 Å². The van der Waals surface area contributed by atoms with Gasteiger partial charge < -0.3 is 24.1 Å². The van der Waals surface area contributed by atoms with Gasteiger partial charge in [-0.25, -0.2) is 14.4 Å². The molecule has 0 radical (unpaired) electrons. The molecule has 2 heterocycles. The van der Waals surface area contributed by atoms with E-state index in [2.05, 4.69) is 0 Å². The Kier molecular flexibility index (Phi) is 6.38. The van der Waals surface area contributed by atoms with Crippen LogP contribution in [0.25, 0.3) is 0 Å². The zero-order chi connectivity index (χ0) is 22.6. The van der Waals surface area contributed by atoms with E-state index < -0.39 is 35.4 Å². The summed E-state index contributed by atoms with van der Waals surface area (Å²) < 4.78 is 21.0. The maximum atomic E-state index is 12.3. The molecule has 3 aliphatic rings. The molecule has 1 aliphatic carbocycles. The topological polar surface area (TPSA) is 111 Å². The molecule has 2 fully saturated rings. The van der Waals surface area contributed by atoms with Crippen LogP contribution in [0.4, 0.5) is 0 Å². The van der Waals surface area contributed by atoms with E-state index in [4.69, 9.17) is 18.9 Å². The average Bonchev–Trinajstić information content (AvgIpc) is 2.66. The van der Waals surface area contributed by atoms with Crippen LogP contribution in [0.1, 0.15) is 46.5 Å². The molecule has 31 heavy (non-hydrogen) atoms. The van der Waals surface area contributed by atoms with Gasteiger partial charge in [0.15, 0.2) is 5.79 Å². The van der Waals surface area contributed by atoms with E-state index in [1.165, 1.54) is 38.2 Å². The van der Waals surface area contributed by atoms with E-state index in [-0.39, 0.29) is 17.1 Å². The summed E-state index contributed by atoms with van der Waals surface area (Å²) in [5.74, 6) is -5.36. The van der Waals surface area contributed by atoms with Crippen molar-refractivity contribution in [2.75, 3.05) is 0 Å². The molecule has 2 unspecified atom stereocenters. The Morgan fingerprint density at radius 1 is 0.871 bits per heavy atom. The molecule has 8 heteroatoms. The largest absolute Gasteiger partial charge is 0.574 e. The van der Waals surface area contributed by atoms with Crippen molar-refractivity contribution in [2.24, 2.45) is 5.92 Å². The maximum Gasteiger partial charge on any atom is 0.348 e. The molecule has 3 rings (SSSR count). The van der Waals surface area contributed by atoms with Crippen LogP contribution in [-0.4, -0.2) is 29.5 Å². The Morgan fingerprint density at radius 2 is 1.52 bits per heavy atom. The van der Waals surface area contributed by atoms with Crippen molar-refractivity contribution in [1.29, 1.82) is 0 Å². The molecule has 1 saturated carbocycles. The van der Waals surface area contributed by atoms with Crippen molar-refractivity contribution in [2.45, 2.75) is 58.0 Å². The van der Waals surface area contributed by atoms with Crippen LogP contribution in [0, 0.1) is 5.92 Å². The van der Waals surface area contributed by atoms with Crippen molar-refractivity contribution < 1.29 is 38.4 Å². The first kappa shape index (κ1) is 22.4. The minimum atomic E-state index is -1.28. The number of ether oxygens (including phenoxy) is 4. The molecule has 0 bridgehead atoms. The Labute approximate surface area is 180 Å². The van der Waals surface area contributed by atoms with Gasteiger partial charge in [-0.2, -0.15) is 0 Å². The third-order valence-electron chi connectivity index (χ3n) is 5.22. The molecule has 0 amide bonds. The first-order valence-electron chi connectivity index (χ1n) is 10.2. The minimum absolute atomic E-state index is 0.0383. The minimum Gasteiger partial charge on any atom is -0.574 e. The van der Waals surface area contributed by atoms with E-state index in [9.17, 15) is 19.5 Å². The van der Waals surface area contributed by atoms with Gasteiger partial charge >= 0.3 is 17.9 Å². The van der Waals surface area contributed by atoms with Crippen molar-refractivity contribution in [3.63, 3.8) is 0 Å². The number of cyclic esters (lactones) is 2.